The molecule has 0 aromatic heterocycles. The number of rotatable bonds is 3. The maximum atomic E-state index is 12.2. The van der Waals surface area contributed by atoms with Crippen molar-refractivity contribution in [2.24, 2.45) is 0 Å². The van der Waals surface area contributed by atoms with E-state index in [0.717, 1.165) is 0 Å². The van der Waals surface area contributed by atoms with Gasteiger partial charge in [0.15, 0.2) is 0 Å². The maximum Gasteiger partial charge on any atom is 0.218 e. The Hall–Kier alpha value is -1.23. The van der Waals surface area contributed by atoms with Gasteiger partial charge in [-0.25, -0.2) is 8.42 Å². The molecule has 1 fully saturated rings. The molecule has 5 nitrogen and oxygen atoms in total. The Kier molecular flexibility index (Phi) is 4.34. The van der Waals surface area contributed by atoms with E-state index in [-0.39, 0.29) is 5.75 Å². The van der Waals surface area contributed by atoms with Crippen LogP contribution >= 0.6 is 0 Å². The predicted octanol–water partition coefficient (Wildman–Crippen LogP) is 0.452. The fraction of sp³-hybridized carbons (Fsp3) is 0.417. The lowest BCUT2D eigenvalue weighted by Gasteiger charge is -2.25. The third-order valence-corrected chi connectivity index (χ3v) is 6.09. The molecule has 0 unspecified atom stereocenters. The number of benzene rings is 1. The molecule has 1 heterocycles. The van der Waals surface area contributed by atoms with Crippen LogP contribution < -0.4 is 0 Å². The molecule has 0 atom stereocenters. The van der Waals surface area contributed by atoms with Crippen LogP contribution in [-0.4, -0.2) is 41.5 Å². The van der Waals surface area contributed by atoms with Crippen molar-refractivity contribution in [2.75, 3.05) is 24.6 Å². The van der Waals surface area contributed by atoms with Gasteiger partial charge in [0, 0.05) is 35.4 Å². The van der Waals surface area contributed by atoms with Crippen molar-refractivity contribution in [2.45, 2.75) is 5.75 Å². The van der Waals surface area contributed by atoms with E-state index >= 15 is 0 Å². The maximum absolute atomic E-state index is 12.2. The van der Waals surface area contributed by atoms with Gasteiger partial charge in [-0.2, -0.15) is 9.57 Å². The van der Waals surface area contributed by atoms with E-state index < -0.39 is 20.8 Å². The summed E-state index contributed by atoms with van der Waals surface area (Å²) in [5.74, 6) is 0.741. The lowest BCUT2D eigenvalue weighted by Crippen LogP contribution is -2.42. The summed E-state index contributed by atoms with van der Waals surface area (Å²) in [5.41, 5.74) is 1.17. The SMILES string of the molecule is N#Cc1ccc(CS(=O)(=O)N2CCS(=O)CC2)cc1. The molecule has 0 radical (unpaired) electrons. The first-order valence-electron chi connectivity index (χ1n) is 5.83. The van der Waals surface area contributed by atoms with Crippen molar-refractivity contribution in [1.82, 2.24) is 4.31 Å². The van der Waals surface area contributed by atoms with Crippen LogP contribution in [0.2, 0.25) is 0 Å². The standard InChI is InChI=1S/C12H14N2O3S2/c13-9-11-1-3-12(4-2-11)10-19(16,17)14-5-7-18(15)8-6-14/h1-4H,5-8,10H2. The van der Waals surface area contributed by atoms with Gasteiger partial charge in [0.1, 0.15) is 0 Å². The van der Waals surface area contributed by atoms with Crippen LogP contribution in [0.5, 0.6) is 0 Å². The zero-order chi connectivity index (χ0) is 13.9. The number of sulfonamides is 1. The van der Waals surface area contributed by atoms with Crippen LogP contribution in [-0.2, 0) is 26.6 Å². The van der Waals surface area contributed by atoms with Gasteiger partial charge in [0.25, 0.3) is 0 Å². The molecule has 0 N–H and O–H groups in total. The molecule has 0 spiro atoms. The van der Waals surface area contributed by atoms with Gasteiger partial charge in [-0.1, -0.05) is 12.1 Å². The lowest BCUT2D eigenvalue weighted by atomic mass is 10.2. The summed E-state index contributed by atoms with van der Waals surface area (Å²) in [7, 11) is -4.25. The van der Waals surface area contributed by atoms with Gasteiger partial charge in [-0.3, -0.25) is 4.21 Å². The van der Waals surface area contributed by atoms with E-state index in [4.69, 9.17) is 5.26 Å². The van der Waals surface area contributed by atoms with Crippen molar-refractivity contribution in [3.05, 3.63) is 35.4 Å². The predicted molar refractivity (Wildman–Crippen MR) is 73.2 cm³/mol. The molecule has 1 aromatic rings. The van der Waals surface area contributed by atoms with Gasteiger partial charge < -0.3 is 0 Å². The molecule has 1 aliphatic rings. The van der Waals surface area contributed by atoms with E-state index in [1.165, 1.54) is 4.31 Å². The molecule has 1 aromatic carbocycles. The molecule has 19 heavy (non-hydrogen) atoms. The minimum Gasteiger partial charge on any atom is -0.259 e. The highest BCUT2D eigenvalue weighted by molar-refractivity contribution is 7.88. The van der Waals surface area contributed by atoms with Crippen LogP contribution in [0, 0.1) is 11.3 Å². The van der Waals surface area contributed by atoms with Crippen LogP contribution in [0.1, 0.15) is 11.1 Å². The van der Waals surface area contributed by atoms with E-state index in [1.54, 1.807) is 24.3 Å². The minimum atomic E-state index is -3.36. The molecule has 0 bridgehead atoms. The second-order valence-corrected chi connectivity index (χ2v) is 7.98. The van der Waals surface area contributed by atoms with E-state index in [0.29, 0.717) is 35.7 Å². The average Bonchev–Trinajstić information content (AvgIpc) is 2.40. The van der Waals surface area contributed by atoms with Gasteiger partial charge in [-0.05, 0) is 17.7 Å². The molecule has 0 amide bonds. The summed E-state index contributed by atoms with van der Waals surface area (Å²) in [4.78, 5) is 0. The van der Waals surface area contributed by atoms with Crippen molar-refractivity contribution in [1.29, 1.82) is 5.26 Å². The van der Waals surface area contributed by atoms with Gasteiger partial charge in [-0.15, -0.1) is 0 Å². The third-order valence-electron chi connectivity index (χ3n) is 2.96. The molecule has 102 valence electrons. The van der Waals surface area contributed by atoms with Crippen LogP contribution in [0.25, 0.3) is 0 Å². The summed E-state index contributed by atoms with van der Waals surface area (Å²) >= 11 is 0. The first-order valence-corrected chi connectivity index (χ1v) is 8.93. The minimum absolute atomic E-state index is 0.0780. The van der Waals surface area contributed by atoms with Gasteiger partial charge >= 0.3 is 0 Å². The van der Waals surface area contributed by atoms with Crippen LogP contribution in [0.15, 0.2) is 24.3 Å². The van der Waals surface area contributed by atoms with Crippen molar-refractivity contribution in [3.8, 4) is 6.07 Å². The molecule has 2 rings (SSSR count). The highest BCUT2D eigenvalue weighted by Gasteiger charge is 2.26. The second-order valence-electron chi connectivity index (χ2n) is 4.31. The van der Waals surface area contributed by atoms with E-state index in [9.17, 15) is 12.6 Å². The van der Waals surface area contributed by atoms with Gasteiger partial charge in [0.05, 0.1) is 17.4 Å². The average molecular weight is 298 g/mol. The smallest absolute Gasteiger partial charge is 0.218 e. The summed E-state index contributed by atoms with van der Waals surface area (Å²) in [6, 6.07) is 8.51. The summed E-state index contributed by atoms with van der Waals surface area (Å²) in [6.07, 6.45) is 0. The van der Waals surface area contributed by atoms with E-state index in [2.05, 4.69) is 0 Å². The summed E-state index contributed by atoms with van der Waals surface area (Å²) < 4.78 is 37.0. The van der Waals surface area contributed by atoms with Crippen molar-refractivity contribution >= 4 is 20.8 Å². The molecule has 1 saturated heterocycles. The Morgan fingerprint density at radius 3 is 2.32 bits per heavy atom. The Morgan fingerprint density at radius 1 is 1.21 bits per heavy atom. The van der Waals surface area contributed by atoms with Crippen molar-refractivity contribution < 1.29 is 12.6 Å². The largest absolute Gasteiger partial charge is 0.259 e. The van der Waals surface area contributed by atoms with Crippen LogP contribution in [0.4, 0.5) is 0 Å². The zero-order valence-electron chi connectivity index (χ0n) is 10.3. The number of hydrogen-bond acceptors (Lipinski definition) is 4. The zero-order valence-corrected chi connectivity index (χ0v) is 11.9. The van der Waals surface area contributed by atoms with Crippen molar-refractivity contribution in [3.63, 3.8) is 0 Å². The molecule has 0 aliphatic carbocycles. The summed E-state index contributed by atoms with van der Waals surface area (Å²) in [6.45, 7) is 0.649. The number of hydrogen-bond donors (Lipinski definition) is 0. The fourth-order valence-electron chi connectivity index (χ4n) is 1.88. The van der Waals surface area contributed by atoms with E-state index in [1.807, 2.05) is 6.07 Å². The van der Waals surface area contributed by atoms with Gasteiger partial charge in [0.2, 0.25) is 10.0 Å². The molecule has 7 heteroatoms. The third kappa shape index (κ3) is 3.62. The highest BCUT2D eigenvalue weighted by atomic mass is 32.2. The lowest BCUT2D eigenvalue weighted by molar-refractivity contribution is 0.438. The number of nitrogens with zero attached hydrogens (tertiary/aromatic N) is 2. The number of nitriles is 1. The molecule has 0 saturated carbocycles. The monoisotopic (exact) mass is 298 g/mol. The normalized spacial score (nSPS) is 18.1. The molecular weight excluding hydrogens is 284 g/mol. The Morgan fingerprint density at radius 2 is 1.79 bits per heavy atom. The van der Waals surface area contributed by atoms with Crippen LogP contribution in [0.3, 0.4) is 0 Å². The Balaban J connectivity index is 2.08. The Labute approximate surface area is 115 Å². The highest BCUT2D eigenvalue weighted by Crippen LogP contribution is 2.14. The second kappa shape index (κ2) is 5.82. The fourth-order valence-corrected chi connectivity index (χ4v) is 4.70. The Bertz CT molecular complexity index is 607. The quantitative estimate of drug-likeness (QED) is 0.812. The topological polar surface area (TPSA) is 78.2 Å². The summed E-state index contributed by atoms with van der Waals surface area (Å²) in [5, 5.41) is 8.68. The molecule has 1 aliphatic heterocycles. The first kappa shape index (κ1) is 14.2. The molecular formula is C12H14N2O3S2. The first-order chi connectivity index (χ1) is 9.01.